The second-order valence-corrected chi connectivity index (χ2v) is 2.66. The van der Waals surface area contributed by atoms with E-state index in [9.17, 15) is 9.18 Å². The van der Waals surface area contributed by atoms with E-state index in [-0.39, 0.29) is 5.82 Å². The molecule has 68 valence electrons. The standard InChI is InChI=1S/C10H10FNO/c1-8-6-9(11)7-12-10(8)4-2-3-5-13/h2,4-7H,3H2,1H3. The fourth-order valence-corrected chi connectivity index (χ4v) is 0.961. The topological polar surface area (TPSA) is 30.0 Å². The molecule has 0 saturated carbocycles. The van der Waals surface area contributed by atoms with Gasteiger partial charge in [-0.25, -0.2) is 4.39 Å². The van der Waals surface area contributed by atoms with Gasteiger partial charge in [0.25, 0.3) is 0 Å². The molecule has 0 unspecified atom stereocenters. The molecule has 0 aliphatic heterocycles. The first-order valence-corrected chi connectivity index (χ1v) is 3.96. The average Bonchev–Trinajstić information content (AvgIpc) is 2.09. The van der Waals surface area contributed by atoms with Gasteiger partial charge < -0.3 is 4.79 Å². The second kappa shape index (κ2) is 4.50. The Balaban J connectivity index is 2.83. The number of aryl methyl sites for hydroxylation is 1. The van der Waals surface area contributed by atoms with Crippen molar-refractivity contribution in [1.82, 2.24) is 4.98 Å². The highest BCUT2D eigenvalue weighted by Gasteiger charge is 1.96. The first-order chi connectivity index (χ1) is 6.24. The summed E-state index contributed by atoms with van der Waals surface area (Å²) >= 11 is 0. The lowest BCUT2D eigenvalue weighted by Gasteiger charge is -1.97. The van der Waals surface area contributed by atoms with Crippen molar-refractivity contribution >= 4 is 12.4 Å². The van der Waals surface area contributed by atoms with E-state index in [0.29, 0.717) is 12.1 Å². The lowest BCUT2D eigenvalue weighted by Crippen LogP contribution is -1.88. The van der Waals surface area contributed by atoms with E-state index >= 15 is 0 Å². The number of nitrogens with zero attached hydrogens (tertiary/aromatic N) is 1. The molecule has 13 heavy (non-hydrogen) atoms. The molecule has 0 radical (unpaired) electrons. The fourth-order valence-electron chi connectivity index (χ4n) is 0.961. The predicted molar refractivity (Wildman–Crippen MR) is 48.6 cm³/mol. The number of rotatable bonds is 3. The number of hydrogen-bond acceptors (Lipinski definition) is 2. The number of aromatic nitrogens is 1. The monoisotopic (exact) mass is 179 g/mol. The summed E-state index contributed by atoms with van der Waals surface area (Å²) in [6, 6.07) is 1.41. The Bertz CT molecular complexity index is 334. The molecule has 0 N–H and O–H groups in total. The van der Waals surface area contributed by atoms with Crippen molar-refractivity contribution in [3.8, 4) is 0 Å². The average molecular weight is 179 g/mol. The van der Waals surface area contributed by atoms with Crippen LogP contribution in [-0.4, -0.2) is 11.3 Å². The number of hydrogen-bond donors (Lipinski definition) is 0. The molecule has 1 rings (SSSR count). The van der Waals surface area contributed by atoms with E-state index in [4.69, 9.17) is 0 Å². The Labute approximate surface area is 76.1 Å². The van der Waals surface area contributed by atoms with Gasteiger partial charge in [0, 0.05) is 6.42 Å². The molecule has 1 aromatic rings. The summed E-state index contributed by atoms with van der Waals surface area (Å²) in [5.41, 5.74) is 1.46. The molecule has 3 heteroatoms. The highest BCUT2D eigenvalue weighted by molar-refractivity contribution is 5.57. The van der Waals surface area contributed by atoms with Gasteiger partial charge in [-0.1, -0.05) is 6.08 Å². The summed E-state index contributed by atoms with van der Waals surface area (Å²) in [6.07, 6.45) is 5.73. The van der Waals surface area contributed by atoms with Crippen LogP contribution in [0.4, 0.5) is 4.39 Å². The fraction of sp³-hybridized carbons (Fsp3) is 0.200. The molecule has 0 aliphatic rings. The van der Waals surface area contributed by atoms with Gasteiger partial charge in [0.05, 0.1) is 11.9 Å². The lowest BCUT2D eigenvalue weighted by atomic mass is 10.2. The Kier molecular flexibility index (Phi) is 3.31. The second-order valence-electron chi connectivity index (χ2n) is 2.66. The third kappa shape index (κ3) is 2.78. The highest BCUT2D eigenvalue weighted by Crippen LogP contribution is 2.08. The summed E-state index contributed by atoms with van der Waals surface area (Å²) in [7, 11) is 0. The van der Waals surface area contributed by atoms with Gasteiger partial charge in [0.1, 0.15) is 12.1 Å². The van der Waals surface area contributed by atoms with Gasteiger partial charge in [-0.2, -0.15) is 0 Å². The zero-order valence-corrected chi connectivity index (χ0v) is 7.33. The molecule has 0 amide bonds. The first kappa shape index (κ1) is 9.58. The van der Waals surface area contributed by atoms with Gasteiger partial charge in [-0.05, 0) is 24.6 Å². The number of carbonyl (C=O) groups is 1. The summed E-state index contributed by atoms with van der Waals surface area (Å²) in [6.45, 7) is 1.77. The van der Waals surface area contributed by atoms with E-state index in [1.54, 1.807) is 19.1 Å². The third-order valence-corrected chi connectivity index (χ3v) is 1.59. The lowest BCUT2D eigenvalue weighted by molar-refractivity contribution is -0.107. The summed E-state index contributed by atoms with van der Waals surface area (Å²) in [5, 5.41) is 0. The molecule has 0 fully saturated rings. The smallest absolute Gasteiger partial charge is 0.141 e. The van der Waals surface area contributed by atoms with Crippen molar-refractivity contribution in [2.24, 2.45) is 0 Å². The highest BCUT2D eigenvalue weighted by atomic mass is 19.1. The largest absolute Gasteiger partial charge is 0.303 e. The van der Waals surface area contributed by atoms with E-state index in [2.05, 4.69) is 4.98 Å². The SMILES string of the molecule is Cc1cc(F)cnc1C=CCC=O. The number of allylic oxidation sites excluding steroid dienone is 1. The summed E-state index contributed by atoms with van der Waals surface area (Å²) in [5.74, 6) is -0.343. The molecule has 0 saturated heterocycles. The van der Waals surface area contributed by atoms with Crippen LogP contribution < -0.4 is 0 Å². The zero-order chi connectivity index (χ0) is 9.68. The maximum atomic E-state index is 12.6. The Morgan fingerprint density at radius 2 is 2.38 bits per heavy atom. The van der Waals surface area contributed by atoms with Gasteiger partial charge >= 0.3 is 0 Å². The number of carbonyl (C=O) groups excluding carboxylic acids is 1. The molecule has 0 spiro atoms. The number of halogens is 1. The maximum Gasteiger partial charge on any atom is 0.141 e. The predicted octanol–water partition coefficient (Wildman–Crippen LogP) is 2.13. The minimum Gasteiger partial charge on any atom is -0.303 e. The van der Waals surface area contributed by atoms with Gasteiger partial charge in [0.15, 0.2) is 0 Å². The molecular formula is C10H10FNO. The summed E-state index contributed by atoms with van der Waals surface area (Å²) < 4.78 is 12.6. The quantitative estimate of drug-likeness (QED) is 0.665. The normalized spacial score (nSPS) is 10.6. The van der Waals surface area contributed by atoms with Crippen LogP contribution >= 0.6 is 0 Å². The van der Waals surface area contributed by atoms with E-state index < -0.39 is 0 Å². The number of aldehydes is 1. The van der Waals surface area contributed by atoms with E-state index in [1.807, 2.05) is 0 Å². The van der Waals surface area contributed by atoms with Gasteiger partial charge in [0.2, 0.25) is 0 Å². The Hall–Kier alpha value is -1.51. The van der Waals surface area contributed by atoms with Crippen molar-refractivity contribution in [2.75, 3.05) is 0 Å². The van der Waals surface area contributed by atoms with Crippen LogP contribution in [-0.2, 0) is 4.79 Å². The third-order valence-electron chi connectivity index (χ3n) is 1.59. The van der Waals surface area contributed by atoms with E-state index in [0.717, 1.165) is 18.0 Å². The van der Waals surface area contributed by atoms with Crippen molar-refractivity contribution in [1.29, 1.82) is 0 Å². The van der Waals surface area contributed by atoms with Crippen molar-refractivity contribution in [2.45, 2.75) is 13.3 Å². The molecule has 0 aliphatic carbocycles. The van der Waals surface area contributed by atoms with Crippen LogP contribution in [0, 0.1) is 12.7 Å². The first-order valence-electron chi connectivity index (χ1n) is 3.96. The summed E-state index contributed by atoms with van der Waals surface area (Å²) in [4.78, 5) is 13.9. The van der Waals surface area contributed by atoms with E-state index in [1.165, 1.54) is 6.07 Å². The molecule has 0 atom stereocenters. The maximum absolute atomic E-state index is 12.6. The molecule has 1 heterocycles. The molecule has 0 aromatic carbocycles. The number of pyridine rings is 1. The van der Waals surface area contributed by atoms with Crippen LogP contribution in [0.1, 0.15) is 17.7 Å². The van der Waals surface area contributed by atoms with Crippen LogP contribution in [0.25, 0.3) is 6.08 Å². The molecular weight excluding hydrogens is 169 g/mol. The zero-order valence-electron chi connectivity index (χ0n) is 7.33. The molecule has 2 nitrogen and oxygen atoms in total. The van der Waals surface area contributed by atoms with Gasteiger partial charge in [-0.15, -0.1) is 0 Å². The molecule has 0 bridgehead atoms. The minimum absolute atomic E-state index is 0.343. The Morgan fingerprint density at radius 3 is 3.00 bits per heavy atom. The van der Waals surface area contributed by atoms with Gasteiger partial charge in [-0.3, -0.25) is 4.98 Å². The Morgan fingerprint density at radius 1 is 1.62 bits per heavy atom. The molecule has 1 aromatic heterocycles. The minimum atomic E-state index is -0.343. The van der Waals surface area contributed by atoms with Crippen LogP contribution in [0.2, 0.25) is 0 Å². The van der Waals surface area contributed by atoms with Crippen LogP contribution in [0.3, 0.4) is 0 Å². The van der Waals surface area contributed by atoms with Crippen molar-refractivity contribution in [3.05, 3.63) is 35.4 Å². The van der Waals surface area contributed by atoms with Crippen LogP contribution in [0.15, 0.2) is 18.3 Å². The van der Waals surface area contributed by atoms with Crippen molar-refractivity contribution in [3.63, 3.8) is 0 Å². The van der Waals surface area contributed by atoms with Crippen LogP contribution in [0.5, 0.6) is 0 Å². The van der Waals surface area contributed by atoms with Crippen molar-refractivity contribution < 1.29 is 9.18 Å².